The van der Waals surface area contributed by atoms with Crippen LogP contribution < -0.4 is 4.74 Å². The third-order valence-electron chi connectivity index (χ3n) is 5.06. The molecule has 2 aromatic rings. The molecule has 0 bridgehead atoms. The van der Waals surface area contributed by atoms with Crippen molar-refractivity contribution < 1.29 is 14.2 Å². The highest BCUT2D eigenvalue weighted by molar-refractivity contribution is 7.98. The number of hydrogen-bond acceptors (Lipinski definition) is 7. The number of aliphatic hydroxyl groups is 1. The predicted octanol–water partition coefficient (Wildman–Crippen LogP) is 2.42. The van der Waals surface area contributed by atoms with Crippen LogP contribution >= 0.6 is 11.8 Å². The molecule has 1 fully saturated rings. The first-order valence-corrected chi connectivity index (χ1v) is 10.6. The Morgan fingerprint density at radius 1 is 1.25 bits per heavy atom. The second-order valence-electron chi connectivity index (χ2n) is 6.91. The lowest BCUT2D eigenvalue weighted by Gasteiger charge is -2.41. The van der Waals surface area contributed by atoms with Crippen molar-refractivity contribution in [3.8, 4) is 5.75 Å². The minimum Gasteiger partial charge on any atom is -0.497 e. The van der Waals surface area contributed by atoms with Gasteiger partial charge in [-0.25, -0.2) is 14.4 Å². The molecule has 152 valence electrons. The van der Waals surface area contributed by atoms with E-state index in [1.165, 1.54) is 24.9 Å². The monoisotopic (exact) mass is 406 g/mol. The van der Waals surface area contributed by atoms with Gasteiger partial charge in [0.15, 0.2) is 5.16 Å². The largest absolute Gasteiger partial charge is 0.497 e. The maximum atomic E-state index is 14.3. The highest BCUT2D eigenvalue weighted by Gasteiger charge is 2.27. The zero-order chi connectivity index (χ0) is 19.9. The number of hydrogen-bond donors (Lipinski definition) is 1. The number of benzene rings is 1. The number of nitrogens with zero attached hydrogens (tertiary/aromatic N) is 4. The molecule has 0 aliphatic carbocycles. The smallest absolute Gasteiger partial charge is 0.187 e. The number of piperazine rings is 1. The molecule has 1 N–H and O–H groups in total. The van der Waals surface area contributed by atoms with Gasteiger partial charge in [0.25, 0.3) is 0 Å². The number of ether oxygens (including phenoxy) is 1. The Hall–Kier alpha value is -1.74. The SMILES string of the molecule is COc1ccc(CN2CCN(Cc3cnc(SC)nc3)C[C@@H]2CCO)c(F)c1. The lowest BCUT2D eigenvalue weighted by atomic mass is 10.1. The fraction of sp³-hybridized carbons (Fsp3) is 0.500. The number of methoxy groups -OCH3 is 1. The molecule has 0 saturated carbocycles. The molecule has 8 heteroatoms. The molecular formula is C20H27FN4O2S. The van der Waals surface area contributed by atoms with Gasteiger partial charge >= 0.3 is 0 Å². The second kappa shape index (κ2) is 10.2. The number of aromatic nitrogens is 2. The lowest BCUT2D eigenvalue weighted by molar-refractivity contribution is 0.0492. The van der Waals surface area contributed by atoms with Crippen LogP contribution in [0.15, 0.2) is 35.7 Å². The van der Waals surface area contributed by atoms with Crippen LogP contribution in [0.1, 0.15) is 17.5 Å². The zero-order valence-electron chi connectivity index (χ0n) is 16.3. The van der Waals surface area contributed by atoms with Gasteiger partial charge in [0.1, 0.15) is 11.6 Å². The van der Waals surface area contributed by atoms with E-state index in [4.69, 9.17) is 4.74 Å². The van der Waals surface area contributed by atoms with Crippen molar-refractivity contribution in [1.29, 1.82) is 0 Å². The van der Waals surface area contributed by atoms with E-state index >= 15 is 0 Å². The Kier molecular flexibility index (Phi) is 7.61. The maximum absolute atomic E-state index is 14.3. The fourth-order valence-electron chi connectivity index (χ4n) is 3.52. The van der Waals surface area contributed by atoms with E-state index in [0.717, 1.165) is 36.9 Å². The van der Waals surface area contributed by atoms with Gasteiger partial charge in [0, 0.05) is 75.0 Å². The molecule has 1 saturated heterocycles. The summed E-state index contributed by atoms with van der Waals surface area (Å²) in [5.41, 5.74) is 1.73. The van der Waals surface area contributed by atoms with E-state index in [9.17, 15) is 9.50 Å². The van der Waals surface area contributed by atoms with E-state index < -0.39 is 0 Å². The first kappa shape index (κ1) is 21.0. The van der Waals surface area contributed by atoms with E-state index in [-0.39, 0.29) is 18.5 Å². The minimum absolute atomic E-state index is 0.117. The van der Waals surface area contributed by atoms with Gasteiger partial charge in [0.2, 0.25) is 0 Å². The molecular weight excluding hydrogens is 379 g/mol. The van der Waals surface area contributed by atoms with Gasteiger partial charge < -0.3 is 9.84 Å². The highest BCUT2D eigenvalue weighted by atomic mass is 32.2. The summed E-state index contributed by atoms with van der Waals surface area (Å²) in [6.07, 6.45) is 6.37. The number of aliphatic hydroxyl groups excluding tert-OH is 1. The molecule has 28 heavy (non-hydrogen) atoms. The van der Waals surface area contributed by atoms with Gasteiger partial charge in [-0.3, -0.25) is 9.80 Å². The fourth-order valence-corrected chi connectivity index (χ4v) is 3.84. The summed E-state index contributed by atoms with van der Waals surface area (Å²) in [5.74, 6) is 0.267. The van der Waals surface area contributed by atoms with Crippen LogP contribution in [-0.4, -0.2) is 70.5 Å². The zero-order valence-corrected chi connectivity index (χ0v) is 17.2. The predicted molar refractivity (Wildman–Crippen MR) is 108 cm³/mol. The summed E-state index contributed by atoms with van der Waals surface area (Å²) in [4.78, 5) is 13.3. The third-order valence-corrected chi connectivity index (χ3v) is 5.63. The molecule has 2 heterocycles. The summed E-state index contributed by atoms with van der Waals surface area (Å²) in [6, 6.07) is 5.16. The quantitative estimate of drug-likeness (QED) is 0.534. The summed E-state index contributed by atoms with van der Waals surface area (Å²) in [6.45, 7) is 3.94. The second-order valence-corrected chi connectivity index (χ2v) is 7.68. The topological polar surface area (TPSA) is 61.7 Å². The normalized spacial score (nSPS) is 18.4. The molecule has 1 aliphatic heterocycles. The molecule has 1 aromatic carbocycles. The van der Waals surface area contributed by atoms with Crippen LogP contribution in [0.3, 0.4) is 0 Å². The van der Waals surface area contributed by atoms with Crippen molar-refractivity contribution >= 4 is 11.8 Å². The summed E-state index contributed by atoms with van der Waals surface area (Å²) < 4.78 is 19.4. The third kappa shape index (κ3) is 5.41. The van der Waals surface area contributed by atoms with E-state index in [2.05, 4.69) is 19.8 Å². The summed E-state index contributed by atoms with van der Waals surface area (Å²) in [5, 5.41) is 10.3. The summed E-state index contributed by atoms with van der Waals surface area (Å²) >= 11 is 1.53. The molecule has 0 radical (unpaired) electrons. The standard InChI is InChI=1S/C20H27FN4O2S/c1-27-18-4-3-16(19(21)9-18)13-25-7-6-24(14-17(25)5-8-26)12-15-10-22-20(28-2)23-11-15/h3-4,9-11,17,26H,5-8,12-14H2,1-2H3/t17-/m0/s1. The van der Waals surface area contributed by atoms with Crippen LogP contribution in [0.4, 0.5) is 4.39 Å². The van der Waals surface area contributed by atoms with E-state index in [1.807, 2.05) is 18.6 Å². The molecule has 1 aromatic heterocycles. The van der Waals surface area contributed by atoms with Crippen LogP contribution in [0.25, 0.3) is 0 Å². The van der Waals surface area contributed by atoms with Crippen LogP contribution in [0.2, 0.25) is 0 Å². The summed E-state index contributed by atoms with van der Waals surface area (Å²) in [7, 11) is 1.53. The number of thioether (sulfide) groups is 1. The van der Waals surface area contributed by atoms with Crippen molar-refractivity contribution in [2.45, 2.75) is 30.7 Å². The first-order valence-electron chi connectivity index (χ1n) is 9.37. The van der Waals surface area contributed by atoms with Crippen molar-refractivity contribution in [3.05, 3.63) is 47.5 Å². The average molecular weight is 407 g/mol. The van der Waals surface area contributed by atoms with Gasteiger partial charge in [-0.2, -0.15) is 0 Å². The van der Waals surface area contributed by atoms with Gasteiger partial charge in [-0.15, -0.1) is 0 Å². The Morgan fingerprint density at radius 3 is 2.68 bits per heavy atom. The minimum atomic E-state index is -0.254. The Bertz CT molecular complexity index is 762. The van der Waals surface area contributed by atoms with Gasteiger partial charge in [0.05, 0.1) is 7.11 Å². The lowest BCUT2D eigenvalue weighted by Crippen LogP contribution is -2.52. The van der Waals surface area contributed by atoms with Crippen molar-refractivity contribution in [1.82, 2.24) is 19.8 Å². The molecule has 0 spiro atoms. The van der Waals surface area contributed by atoms with Crippen LogP contribution in [-0.2, 0) is 13.1 Å². The molecule has 3 rings (SSSR count). The van der Waals surface area contributed by atoms with Gasteiger partial charge in [-0.05, 0) is 18.7 Å². The Labute approximate surface area is 169 Å². The van der Waals surface area contributed by atoms with Gasteiger partial charge in [-0.1, -0.05) is 17.8 Å². The van der Waals surface area contributed by atoms with E-state index in [0.29, 0.717) is 24.3 Å². The number of halogens is 1. The van der Waals surface area contributed by atoms with Crippen molar-refractivity contribution in [2.24, 2.45) is 0 Å². The Morgan fingerprint density at radius 2 is 2.04 bits per heavy atom. The molecule has 0 unspecified atom stereocenters. The molecule has 0 amide bonds. The highest BCUT2D eigenvalue weighted by Crippen LogP contribution is 2.22. The van der Waals surface area contributed by atoms with Crippen molar-refractivity contribution in [2.75, 3.05) is 39.6 Å². The van der Waals surface area contributed by atoms with Crippen LogP contribution in [0.5, 0.6) is 5.75 Å². The molecule has 1 aliphatic rings. The first-order chi connectivity index (χ1) is 13.6. The average Bonchev–Trinajstić information content (AvgIpc) is 2.72. The molecule has 6 nitrogen and oxygen atoms in total. The van der Waals surface area contributed by atoms with Crippen LogP contribution in [0, 0.1) is 5.82 Å². The maximum Gasteiger partial charge on any atom is 0.187 e. The Balaban J connectivity index is 1.63. The number of rotatable bonds is 8. The molecule has 1 atom stereocenters. The van der Waals surface area contributed by atoms with E-state index in [1.54, 1.807) is 12.1 Å². The van der Waals surface area contributed by atoms with Crippen molar-refractivity contribution in [3.63, 3.8) is 0 Å².